The van der Waals surface area contributed by atoms with Gasteiger partial charge in [0, 0.05) is 19.5 Å². The second-order valence-corrected chi connectivity index (χ2v) is 7.08. The van der Waals surface area contributed by atoms with Gasteiger partial charge in [0.2, 0.25) is 5.91 Å². The second-order valence-electron chi connectivity index (χ2n) is 6.69. The van der Waals surface area contributed by atoms with Gasteiger partial charge in [-0.1, -0.05) is 30.4 Å². The molecule has 1 aromatic carbocycles. The zero-order valence-corrected chi connectivity index (χ0v) is 16.4. The number of fused-ring (bicyclic) bond motifs is 1. The third-order valence-corrected chi connectivity index (χ3v) is 5.03. The average Bonchev–Trinajstić information content (AvgIpc) is 3.28. The molecule has 2 aromatic heterocycles. The Bertz CT molecular complexity index is 1100. The molecule has 0 unspecified atom stereocenters. The first-order valence-electron chi connectivity index (χ1n) is 9.06. The number of ether oxygens (including phenoxy) is 2. The lowest BCUT2D eigenvalue weighted by Crippen LogP contribution is -2.24. The van der Waals surface area contributed by atoms with Gasteiger partial charge in [0.05, 0.1) is 18.1 Å². The molecule has 1 aliphatic rings. The number of rotatable bonds is 5. The van der Waals surface area contributed by atoms with E-state index < -0.39 is 18.4 Å². The lowest BCUT2D eigenvalue weighted by Gasteiger charge is -2.17. The fraction of sp³-hybridized carbons (Fsp3) is 0.316. The highest BCUT2D eigenvalue weighted by molar-refractivity contribution is 7.71. The number of nitrogens with one attached hydrogen (secondary N) is 1. The van der Waals surface area contributed by atoms with Crippen LogP contribution in [0.5, 0.6) is 11.8 Å². The largest absolute Gasteiger partial charge is 0.424 e. The summed E-state index contributed by atoms with van der Waals surface area (Å²) in [6.45, 7) is 1.09. The lowest BCUT2D eigenvalue weighted by atomic mass is 10.2. The van der Waals surface area contributed by atoms with Crippen molar-refractivity contribution in [2.75, 3.05) is 12.0 Å². The monoisotopic (exact) mass is 416 g/mol. The second kappa shape index (κ2) is 7.91. The molecule has 3 heterocycles. The normalized spacial score (nSPS) is 21.4. The van der Waals surface area contributed by atoms with Crippen LogP contribution in [-0.4, -0.2) is 49.2 Å². The highest BCUT2D eigenvalue weighted by atomic mass is 32.1. The molecule has 0 spiro atoms. The molecule has 1 amide bonds. The number of hydrogen-bond acceptors (Lipinski definition) is 7. The molecule has 3 N–H and O–H groups in total. The molecule has 1 saturated heterocycles. The first-order chi connectivity index (χ1) is 14.0. The van der Waals surface area contributed by atoms with Gasteiger partial charge < -0.3 is 24.3 Å². The maximum absolute atomic E-state index is 11.7. The van der Waals surface area contributed by atoms with Crippen LogP contribution in [0.2, 0.25) is 0 Å². The maximum Gasteiger partial charge on any atom is 0.324 e. The average molecular weight is 416 g/mol. The summed E-state index contributed by atoms with van der Waals surface area (Å²) < 4.78 is 15.0. The molecule has 4 rings (SSSR count). The van der Waals surface area contributed by atoms with Gasteiger partial charge in [0.15, 0.2) is 5.65 Å². The van der Waals surface area contributed by atoms with E-state index in [0.717, 1.165) is 0 Å². The Morgan fingerprint density at radius 3 is 2.79 bits per heavy atom. The van der Waals surface area contributed by atoms with Crippen molar-refractivity contribution in [1.29, 1.82) is 0 Å². The predicted octanol–water partition coefficient (Wildman–Crippen LogP) is 2.09. The van der Waals surface area contributed by atoms with Crippen molar-refractivity contribution in [3.8, 4) is 11.8 Å². The molecular formula is C19H20N4O5S. The molecule has 0 radical (unpaired) electrons. The maximum atomic E-state index is 11.7. The van der Waals surface area contributed by atoms with Crippen molar-refractivity contribution in [3.05, 3.63) is 47.2 Å². The highest BCUT2D eigenvalue weighted by Crippen LogP contribution is 2.33. The number of aliphatic hydroxyl groups excluding tert-OH is 2. The van der Waals surface area contributed by atoms with E-state index in [4.69, 9.17) is 21.7 Å². The summed E-state index contributed by atoms with van der Waals surface area (Å²) in [7, 11) is 0. The van der Waals surface area contributed by atoms with E-state index in [0.29, 0.717) is 27.8 Å². The van der Waals surface area contributed by atoms with Crippen LogP contribution in [-0.2, 0) is 9.53 Å². The number of benzene rings is 1. The van der Waals surface area contributed by atoms with Gasteiger partial charge >= 0.3 is 6.01 Å². The van der Waals surface area contributed by atoms with Crippen LogP contribution in [0.15, 0.2) is 42.6 Å². The lowest BCUT2D eigenvalue weighted by molar-refractivity contribution is -0.115. The molecule has 10 heteroatoms. The van der Waals surface area contributed by atoms with Gasteiger partial charge in [-0.3, -0.25) is 10.2 Å². The van der Waals surface area contributed by atoms with Crippen LogP contribution in [0.25, 0.3) is 11.0 Å². The van der Waals surface area contributed by atoms with E-state index in [1.165, 1.54) is 11.6 Å². The summed E-state index contributed by atoms with van der Waals surface area (Å²) in [6, 6.07) is 10.9. The van der Waals surface area contributed by atoms with Crippen LogP contribution >= 0.6 is 12.2 Å². The molecular weight excluding hydrogens is 396 g/mol. The summed E-state index contributed by atoms with van der Waals surface area (Å²) in [6.07, 6.45) is 0.100. The fourth-order valence-corrected chi connectivity index (χ4v) is 3.56. The Labute approximate surface area is 171 Å². The number of carbonyl (C=O) groups excluding carboxylic acids is 1. The van der Waals surface area contributed by atoms with Gasteiger partial charge in [0.25, 0.3) is 0 Å². The zero-order valence-electron chi connectivity index (χ0n) is 15.6. The summed E-state index contributed by atoms with van der Waals surface area (Å²) >= 11 is 5.56. The van der Waals surface area contributed by atoms with E-state index in [1.807, 2.05) is 18.2 Å². The predicted molar refractivity (Wildman–Crippen MR) is 107 cm³/mol. The van der Waals surface area contributed by atoms with E-state index in [1.54, 1.807) is 29.0 Å². The summed E-state index contributed by atoms with van der Waals surface area (Å²) in [4.78, 5) is 16.3. The molecule has 29 heavy (non-hydrogen) atoms. The minimum absolute atomic E-state index is 0.0844. The van der Waals surface area contributed by atoms with Gasteiger partial charge in [0.1, 0.15) is 22.7 Å². The Hall–Kier alpha value is -2.79. The minimum atomic E-state index is -0.779. The number of amides is 1. The standard InChI is InChI=1S/C19H20N4O5S/c1-11(25)21-23-18(29)13-7-8-22(16-9-14(26)15(10-24)28-16)17(13)20-19(23)27-12-5-3-2-4-6-12/h2-8,14-16,24,26H,9-10H2,1H3,(H,21,25)/t14-,15+,16+/m0/s1. The van der Waals surface area contributed by atoms with Crippen LogP contribution in [0.3, 0.4) is 0 Å². The van der Waals surface area contributed by atoms with E-state index in [2.05, 4.69) is 10.4 Å². The minimum Gasteiger partial charge on any atom is -0.424 e. The van der Waals surface area contributed by atoms with Crippen molar-refractivity contribution < 1.29 is 24.5 Å². The molecule has 1 fully saturated rings. The molecule has 9 nitrogen and oxygen atoms in total. The Balaban J connectivity index is 1.81. The molecule has 1 aliphatic heterocycles. The molecule has 3 aromatic rings. The third-order valence-electron chi connectivity index (χ3n) is 4.63. The molecule has 3 atom stereocenters. The Kier molecular flexibility index (Phi) is 5.33. The number of aliphatic hydroxyl groups is 2. The first-order valence-corrected chi connectivity index (χ1v) is 9.47. The van der Waals surface area contributed by atoms with E-state index in [9.17, 15) is 15.0 Å². The smallest absolute Gasteiger partial charge is 0.324 e. The first kappa shape index (κ1) is 19.5. The van der Waals surface area contributed by atoms with Gasteiger partial charge in [-0.05, 0) is 18.2 Å². The third kappa shape index (κ3) is 3.75. The number of nitrogens with zero attached hydrogens (tertiary/aromatic N) is 3. The number of hydrogen-bond donors (Lipinski definition) is 3. The summed E-state index contributed by atoms with van der Waals surface area (Å²) in [5, 5.41) is 20.0. The Morgan fingerprint density at radius 2 is 2.14 bits per heavy atom. The number of aromatic nitrogens is 3. The van der Waals surface area contributed by atoms with Crippen molar-refractivity contribution in [2.45, 2.75) is 31.8 Å². The van der Waals surface area contributed by atoms with E-state index >= 15 is 0 Å². The van der Waals surface area contributed by atoms with Crippen molar-refractivity contribution in [2.24, 2.45) is 0 Å². The SMILES string of the molecule is CC(=O)Nn1c(Oc2ccccc2)nc2c(ccn2[C@H]2C[C@H](O)[C@@H](CO)O2)c1=S. The Morgan fingerprint density at radius 1 is 1.38 bits per heavy atom. The van der Waals surface area contributed by atoms with Crippen LogP contribution in [0.4, 0.5) is 0 Å². The summed E-state index contributed by atoms with van der Waals surface area (Å²) in [5.41, 5.74) is 3.11. The highest BCUT2D eigenvalue weighted by Gasteiger charge is 2.35. The molecule has 0 aliphatic carbocycles. The van der Waals surface area contributed by atoms with Gasteiger partial charge in [-0.2, -0.15) is 9.66 Å². The van der Waals surface area contributed by atoms with Gasteiger partial charge in [-0.25, -0.2) is 0 Å². The quantitative estimate of drug-likeness (QED) is 0.546. The van der Waals surface area contributed by atoms with Crippen LogP contribution in [0.1, 0.15) is 19.6 Å². The van der Waals surface area contributed by atoms with Crippen LogP contribution in [0, 0.1) is 4.64 Å². The topological polar surface area (TPSA) is 111 Å². The molecule has 0 saturated carbocycles. The molecule has 0 bridgehead atoms. The van der Waals surface area contributed by atoms with Crippen molar-refractivity contribution >= 4 is 29.2 Å². The fourth-order valence-electron chi connectivity index (χ4n) is 3.27. The van der Waals surface area contributed by atoms with E-state index in [-0.39, 0.29) is 18.5 Å². The van der Waals surface area contributed by atoms with Crippen LogP contribution < -0.4 is 10.2 Å². The van der Waals surface area contributed by atoms with Crippen molar-refractivity contribution in [3.63, 3.8) is 0 Å². The van der Waals surface area contributed by atoms with Gasteiger partial charge in [-0.15, -0.1) is 0 Å². The number of carbonyl (C=O) groups is 1. The summed E-state index contributed by atoms with van der Waals surface area (Å²) in [5.74, 6) is 0.200. The van der Waals surface area contributed by atoms with Crippen molar-refractivity contribution in [1.82, 2.24) is 14.2 Å². The zero-order chi connectivity index (χ0) is 20.5. The molecule has 152 valence electrons. The number of para-hydroxylation sites is 1.